The van der Waals surface area contributed by atoms with Crippen molar-refractivity contribution in [1.82, 2.24) is 5.32 Å². The van der Waals surface area contributed by atoms with E-state index in [0.717, 1.165) is 0 Å². The van der Waals surface area contributed by atoms with Crippen molar-refractivity contribution in [1.29, 1.82) is 5.41 Å². The molecule has 0 aromatic rings. The first-order chi connectivity index (χ1) is 4.18. The van der Waals surface area contributed by atoms with Gasteiger partial charge in [-0.15, -0.1) is 0 Å². The standard InChI is InChI=1S/C7H14N2/c1-6(2)7(8)4-5-9-3/h4-6,8-9H,1-3H3/b5-4-,8-7?. The van der Waals surface area contributed by atoms with Crippen molar-refractivity contribution in [2.24, 2.45) is 5.92 Å². The number of rotatable bonds is 3. The second-order valence-electron chi connectivity index (χ2n) is 2.23. The summed E-state index contributed by atoms with van der Waals surface area (Å²) < 4.78 is 0. The molecule has 0 aliphatic rings. The van der Waals surface area contributed by atoms with Crippen LogP contribution < -0.4 is 5.32 Å². The summed E-state index contributed by atoms with van der Waals surface area (Å²) in [6.45, 7) is 4.00. The maximum atomic E-state index is 7.32. The van der Waals surface area contributed by atoms with Crippen molar-refractivity contribution in [3.8, 4) is 0 Å². The molecular formula is C7H14N2. The van der Waals surface area contributed by atoms with Crippen molar-refractivity contribution in [2.45, 2.75) is 13.8 Å². The molecule has 0 aromatic heterocycles. The maximum absolute atomic E-state index is 7.32. The van der Waals surface area contributed by atoms with Gasteiger partial charge in [0.1, 0.15) is 0 Å². The summed E-state index contributed by atoms with van der Waals surface area (Å²) in [7, 11) is 1.82. The van der Waals surface area contributed by atoms with Crippen LogP contribution in [-0.2, 0) is 0 Å². The summed E-state index contributed by atoms with van der Waals surface area (Å²) in [6, 6.07) is 0. The van der Waals surface area contributed by atoms with E-state index >= 15 is 0 Å². The molecule has 2 nitrogen and oxygen atoms in total. The Bertz CT molecular complexity index is 114. The van der Waals surface area contributed by atoms with E-state index in [1.54, 1.807) is 12.3 Å². The predicted octanol–water partition coefficient (Wildman–Crippen LogP) is 1.40. The van der Waals surface area contributed by atoms with E-state index in [-0.39, 0.29) is 0 Å². The fraction of sp³-hybridized carbons (Fsp3) is 0.571. The SMILES string of the molecule is CN/C=C\C(=N)C(C)C. The molecule has 0 radical (unpaired) electrons. The Balaban J connectivity index is 3.63. The molecule has 0 aromatic carbocycles. The molecule has 2 N–H and O–H groups in total. The Morgan fingerprint density at radius 3 is 2.44 bits per heavy atom. The number of hydrogen-bond acceptors (Lipinski definition) is 2. The summed E-state index contributed by atoms with van der Waals surface area (Å²) in [6.07, 6.45) is 3.53. The highest BCUT2D eigenvalue weighted by Crippen LogP contribution is 1.94. The van der Waals surface area contributed by atoms with Gasteiger partial charge in [-0.2, -0.15) is 0 Å². The monoisotopic (exact) mass is 126 g/mol. The van der Waals surface area contributed by atoms with E-state index in [1.807, 2.05) is 20.9 Å². The third-order valence-corrected chi connectivity index (χ3v) is 1.05. The lowest BCUT2D eigenvalue weighted by Crippen LogP contribution is -2.03. The molecule has 0 atom stereocenters. The van der Waals surface area contributed by atoms with E-state index in [0.29, 0.717) is 11.6 Å². The highest BCUT2D eigenvalue weighted by Gasteiger charge is 1.94. The van der Waals surface area contributed by atoms with E-state index in [4.69, 9.17) is 5.41 Å². The van der Waals surface area contributed by atoms with Gasteiger partial charge in [0.2, 0.25) is 0 Å². The molecule has 0 aliphatic carbocycles. The van der Waals surface area contributed by atoms with Crippen LogP contribution in [0.3, 0.4) is 0 Å². The van der Waals surface area contributed by atoms with Gasteiger partial charge in [-0.25, -0.2) is 0 Å². The van der Waals surface area contributed by atoms with Gasteiger partial charge in [0.25, 0.3) is 0 Å². The zero-order valence-corrected chi connectivity index (χ0v) is 6.23. The van der Waals surface area contributed by atoms with Crippen LogP contribution in [0, 0.1) is 11.3 Å². The lowest BCUT2D eigenvalue weighted by atomic mass is 10.1. The van der Waals surface area contributed by atoms with E-state index in [9.17, 15) is 0 Å². The molecule has 0 bridgehead atoms. The molecule has 2 heteroatoms. The van der Waals surface area contributed by atoms with Crippen LogP contribution in [0.25, 0.3) is 0 Å². The lowest BCUT2D eigenvalue weighted by Gasteiger charge is -1.99. The highest BCUT2D eigenvalue weighted by atomic mass is 14.8. The molecule has 52 valence electrons. The van der Waals surface area contributed by atoms with Gasteiger partial charge in [-0.05, 0) is 18.2 Å². The van der Waals surface area contributed by atoms with Crippen LogP contribution in [0.5, 0.6) is 0 Å². The summed E-state index contributed by atoms with van der Waals surface area (Å²) in [5.74, 6) is 0.328. The minimum Gasteiger partial charge on any atom is -0.394 e. The Kier molecular flexibility index (Phi) is 3.76. The van der Waals surface area contributed by atoms with Crippen LogP contribution >= 0.6 is 0 Å². The smallest absolute Gasteiger partial charge is 0.0353 e. The zero-order chi connectivity index (χ0) is 7.28. The second kappa shape index (κ2) is 4.13. The molecule has 0 amide bonds. The summed E-state index contributed by atoms with van der Waals surface area (Å²) in [4.78, 5) is 0. The summed E-state index contributed by atoms with van der Waals surface area (Å²) in [5.41, 5.74) is 0.657. The van der Waals surface area contributed by atoms with E-state index in [1.165, 1.54) is 0 Å². The van der Waals surface area contributed by atoms with Gasteiger partial charge in [-0.1, -0.05) is 13.8 Å². The van der Waals surface area contributed by atoms with Crippen LogP contribution in [-0.4, -0.2) is 12.8 Å². The largest absolute Gasteiger partial charge is 0.394 e. The fourth-order valence-corrected chi connectivity index (χ4v) is 0.366. The minimum absolute atomic E-state index is 0.328. The first-order valence-electron chi connectivity index (χ1n) is 3.10. The normalized spacial score (nSPS) is 10.7. The lowest BCUT2D eigenvalue weighted by molar-refractivity contribution is 0.880. The summed E-state index contributed by atoms with van der Waals surface area (Å²) >= 11 is 0. The van der Waals surface area contributed by atoms with Crippen molar-refractivity contribution in [3.63, 3.8) is 0 Å². The molecule has 0 aliphatic heterocycles. The van der Waals surface area contributed by atoms with E-state index < -0.39 is 0 Å². The first kappa shape index (κ1) is 8.21. The third kappa shape index (κ3) is 3.76. The molecule has 0 saturated heterocycles. The van der Waals surface area contributed by atoms with Gasteiger partial charge in [-0.3, -0.25) is 0 Å². The molecule has 0 unspecified atom stereocenters. The van der Waals surface area contributed by atoms with Gasteiger partial charge < -0.3 is 10.7 Å². The Hall–Kier alpha value is -0.790. The van der Waals surface area contributed by atoms with Crippen LogP contribution in [0.4, 0.5) is 0 Å². The fourth-order valence-electron chi connectivity index (χ4n) is 0.366. The quantitative estimate of drug-likeness (QED) is 0.551. The average molecular weight is 126 g/mol. The minimum atomic E-state index is 0.328. The molecule has 0 fully saturated rings. The van der Waals surface area contributed by atoms with Gasteiger partial charge in [0, 0.05) is 12.8 Å². The highest BCUT2D eigenvalue weighted by molar-refractivity contribution is 5.93. The molecule has 0 heterocycles. The maximum Gasteiger partial charge on any atom is 0.0353 e. The Labute approximate surface area is 56.5 Å². The average Bonchev–Trinajstić information content (AvgIpc) is 1.82. The van der Waals surface area contributed by atoms with E-state index in [2.05, 4.69) is 5.32 Å². The van der Waals surface area contributed by atoms with Crippen LogP contribution in [0.2, 0.25) is 0 Å². The third-order valence-electron chi connectivity index (χ3n) is 1.05. The Morgan fingerprint density at radius 1 is 1.56 bits per heavy atom. The number of nitrogens with one attached hydrogen (secondary N) is 2. The zero-order valence-electron chi connectivity index (χ0n) is 6.23. The first-order valence-corrected chi connectivity index (χ1v) is 3.10. The molecule has 0 spiro atoms. The van der Waals surface area contributed by atoms with Crippen molar-refractivity contribution >= 4 is 5.71 Å². The molecular weight excluding hydrogens is 112 g/mol. The second-order valence-corrected chi connectivity index (χ2v) is 2.23. The summed E-state index contributed by atoms with van der Waals surface area (Å²) in [5, 5.41) is 10.2. The van der Waals surface area contributed by atoms with Gasteiger partial charge >= 0.3 is 0 Å². The Morgan fingerprint density at radius 2 is 2.11 bits per heavy atom. The topological polar surface area (TPSA) is 35.9 Å². The number of allylic oxidation sites excluding steroid dienone is 1. The molecule has 0 saturated carbocycles. The van der Waals surface area contributed by atoms with Gasteiger partial charge in [0.15, 0.2) is 0 Å². The van der Waals surface area contributed by atoms with Crippen molar-refractivity contribution in [2.75, 3.05) is 7.05 Å². The molecule has 9 heavy (non-hydrogen) atoms. The van der Waals surface area contributed by atoms with Crippen molar-refractivity contribution in [3.05, 3.63) is 12.3 Å². The van der Waals surface area contributed by atoms with Crippen LogP contribution in [0.15, 0.2) is 12.3 Å². The van der Waals surface area contributed by atoms with Crippen LogP contribution in [0.1, 0.15) is 13.8 Å². The van der Waals surface area contributed by atoms with Gasteiger partial charge in [0.05, 0.1) is 0 Å². The van der Waals surface area contributed by atoms with Crippen molar-refractivity contribution < 1.29 is 0 Å². The number of hydrogen-bond donors (Lipinski definition) is 2. The molecule has 0 rings (SSSR count). The predicted molar refractivity (Wildman–Crippen MR) is 40.8 cm³/mol.